The van der Waals surface area contributed by atoms with Crippen molar-refractivity contribution in [1.29, 1.82) is 0 Å². The molecule has 1 saturated heterocycles. The first-order chi connectivity index (χ1) is 16.0. The van der Waals surface area contributed by atoms with Gasteiger partial charge in [0.2, 0.25) is 5.95 Å². The molecule has 0 radical (unpaired) electrons. The van der Waals surface area contributed by atoms with Gasteiger partial charge in [-0.25, -0.2) is 9.67 Å². The zero-order valence-electron chi connectivity index (χ0n) is 18.8. The number of anilines is 1. The van der Waals surface area contributed by atoms with E-state index in [4.69, 9.17) is 0 Å². The molecule has 1 aliphatic heterocycles. The third kappa shape index (κ3) is 4.11. The number of nitrogens with zero attached hydrogens (tertiary/aromatic N) is 5. The number of nitrogens with one attached hydrogen (secondary N) is 1. The second-order valence-corrected chi connectivity index (χ2v) is 8.51. The fourth-order valence-electron chi connectivity index (χ4n) is 4.32. The van der Waals surface area contributed by atoms with Gasteiger partial charge in [0.1, 0.15) is 0 Å². The number of carbonyl (C=O) groups excluding carboxylic acids is 1. The zero-order chi connectivity index (χ0) is 22.9. The van der Waals surface area contributed by atoms with Crippen molar-refractivity contribution in [3.05, 3.63) is 81.9 Å². The van der Waals surface area contributed by atoms with Crippen LogP contribution in [0.1, 0.15) is 27.9 Å². The van der Waals surface area contributed by atoms with E-state index < -0.39 is 0 Å². The summed E-state index contributed by atoms with van der Waals surface area (Å²) in [5.41, 5.74) is 4.00. The molecule has 0 atom stereocenters. The van der Waals surface area contributed by atoms with Crippen LogP contribution in [0.4, 0.5) is 5.95 Å². The van der Waals surface area contributed by atoms with Crippen LogP contribution in [-0.4, -0.2) is 56.7 Å². The number of fused-ring (bicyclic) bond motifs is 1. The van der Waals surface area contributed by atoms with Crippen molar-refractivity contribution in [2.75, 3.05) is 31.1 Å². The first-order valence-corrected chi connectivity index (χ1v) is 11.2. The first kappa shape index (κ1) is 20.9. The molecule has 8 nitrogen and oxygen atoms in total. The smallest absolute Gasteiger partial charge is 0.260 e. The minimum atomic E-state index is -0.139. The van der Waals surface area contributed by atoms with Crippen LogP contribution in [0.5, 0.6) is 0 Å². The lowest BCUT2D eigenvalue weighted by Gasteiger charge is -2.23. The van der Waals surface area contributed by atoms with Crippen molar-refractivity contribution in [3.63, 3.8) is 0 Å². The van der Waals surface area contributed by atoms with Gasteiger partial charge < -0.3 is 9.80 Å². The third-order valence-electron chi connectivity index (χ3n) is 6.06. The molecule has 1 amide bonds. The van der Waals surface area contributed by atoms with E-state index in [9.17, 15) is 9.59 Å². The van der Waals surface area contributed by atoms with Gasteiger partial charge in [-0.3, -0.25) is 14.6 Å². The highest BCUT2D eigenvalue weighted by Crippen LogP contribution is 2.20. The molecular formula is C25H26N6O2. The maximum absolute atomic E-state index is 13.5. The average molecular weight is 443 g/mol. The van der Waals surface area contributed by atoms with E-state index in [1.165, 1.54) is 0 Å². The summed E-state index contributed by atoms with van der Waals surface area (Å²) in [4.78, 5) is 37.7. The van der Waals surface area contributed by atoms with Crippen LogP contribution in [0.2, 0.25) is 0 Å². The van der Waals surface area contributed by atoms with Crippen LogP contribution in [0, 0.1) is 13.8 Å². The molecular weight excluding hydrogens is 416 g/mol. The quantitative estimate of drug-likeness (QED) is 0.527. The van der Waals surface area contributed by atoms with Crippen LogP contribution < -0.4 is 10.5 Å². The molecule has 0 spiro atoms. The van der Waals surface area contributed by atoms with E-state index in [1.807, 2.05) is 67.4 Å². The summed E-state index contributed by atoms with van der Waals surface area (Å²) >= 11 is 0. The summed E-state index contributed by atoms with van der Waals surface area (Å²) < 4.78 is 1.72. The molecule has 0 saturated carbocycles. The number of rotatable bonds is 3. The van der Waals surface area contributed by atoms with E-state index >= 15 is 0 Å². The van der Waals surface area contributed by atoms with Gasteiger partial charge in [0.15, 0.2) is 0 Å². The fraction of sp³-hybridized carbons (Fsp3) is 0.280. The maximum atomic E-state index is 13.5. The van der Waals surface area contributed by atoms with Crippen molar-refractivity contribution >= 4 is 22.8 Å². The topological polar surface area (TPSA) is 87.1 Å². The molecule has 5 rings (SSSR count). The van der Waals surface area contributed by atoms with Gasteiger partial charge in [-0.2, -0.15) is 5.10 Å². The second kappa shape index (κ2) is 8.54. The Labute approximate surface area is 191 Å². The summed E-state index contributed by atoms with van der Waals surface area (Å²) in [5.74, 6) is 0.542. The summed E-state index contributed by atoms with van der Waals surface area (Å²) in [6.07, 6.45) is 4.33. The minimum absolute atomic E-state index is 0.0125. The number of amides is 1. The second-order valence-electron chi connectivity index (χ2n) is 8.51. The molecule has 1 N–H and O–H groups in total. The Morgan fingerprint density at radius 3 is 2.64 bits per heavy atom. The Morgan fingerprint density at radius 1 is 1.00 bits per heavy atom. The number of H-pyrrole nitrogens is 1. The Balaban J connectivity index is 1.39. The lowest BCUT2D eigenvalue weighted by molar-refractivity contribution is 0.0766. The normalized spacial score (nSPS) is 14.5. The van der Waals surface area contributed by atoms with Gasteiger partial charge in [0.05, 0.1) is 22.2 Å². The standard InChI is InChI=1S/C25H26N6O2/c1-17-5-7-21-19(15-17)23(32)28-25(27-21)30-11-4-10-29(13-14-30)24(33)20-16-18(2)6-8-22(20)31-12-3-9-26-31/h3,5-9,12,15-16H,4,10-11,13-14H2,1-2H3,(H,27,28,32). The van der Waals surface area contributed by atoms with Crippen molar-refractivity contribution in [3.8, 4) is 5.69 Å². The Kier molecular flexibility index (Phi) is 5.42. The van der Waals surface area contributed by atoms with Crippen LogP contribution >= 0.6 is 0 Å². The summed E-state index contributed by atoms with van der Waals surface area (Å²) in [6, 6.07) is 13.4. The number of aromatic nitrogens is 4. The first-order valence-electron chi connectivity index (χ1n) is 11.2. The highest BCUT2D eigenvalue weighted by atomic mass is 16.2. The summed E-state index contributed by atoms with van der Waals surface area (Å²) in [5, 5.41) is 4.90. The Morgan fingerprint density at radius 2 is 1.82 bits per heavy atom. The number of hydrogen-bond acceptors (Lipinski definition) is 5. The van der Waals surface area contributed by atoms with E-state index in [1.54, 1.807) is 10.9 Å². The average Bonchev–Trinajstić information content (AvgIpc) is 3.23. The highest BCUT2D eigenvalue weighted by molar-refractivity contribution is 5.98. The molecule has 4 aromatic rings. The molecule has 33 heavy (non-hydrogen) atoms. The molecule has 0 unspecified atom stereocenters. The van der Waals surface area contributed by atoms with Gasteiger partial charge in [-0.1, -0.05) is 23.3 Å². The van der Waals surface area contributed by atoms with E-state index in [-0.39, 0.29) is 11.5 Å². The van der Waals surface area contributed by atoms with E-state index in [0.717, 1.165) is 23.2 Å². The van der Waals surface area contributed by atoms with Gasteiger partial charge in [0.25, 0.3) is 11.5 Å². The van der Waals surface area contributed by atoms with E-state index in [2.05, 4.69) is 20.0 Å². The lowest BCUT2D eigenvalue weighted by atomic mass is 10.1. The van der Waals surface area contributed by atoms with Gasteiger partial charge in [-0.05, 0) is 50.6 Å². The lowest BCUT2D eigenvalue weighted by Crippen LogP contribution is -2.36. The predicted octanol–water partition coefficient (Wildman–Crippen LogP) is 3.08. The van der Waals surface area contributed by atoms with Crippen LogP contribution in [0.15, 0.2) is 59.7 Å². The number of aryl methyl sites for hydroxylation is 2. The summed E-state index contributed by atoms with van der Waals surface area (Å²) in [7, 11) is 0. The van der Waals surface area contributed by atoms with Crippen molar-refractivity contribution in [1.82, 2.24) is 24.6 Å². The monoisotopic (exact) mass is 442 g/mol. The number of benzene rings is 2. The number of hydrogen-bond donors (Lipinski definition) is 1. The Bertz CT molecular complexity index is 1380. The van der Waals surface area contributed by atoms with Crippen molar-refractivity contribution in [2.24, 2.45) is 0 Å². The van der Waals surface area contributed by atoms with Gasteiger partial charge >= 0.3 is 0 Å². The maximum Gasteiger partial charge on any atom is 0.260 e. The summed E-state index contributed by atoms with van der Waals surface area (Å²) in [6.45, 7) is 6.43. The molecule has 0 bridgehead atoms. The van der Waals surface area contributed by atoms with Crippen molar-refractivity contribution < 1.29 is 4.79 Å². The molecule has 168 valence electrons. The molecule has 1 fully saturated rings. The van der Waals surface area contributed by atoms with Crippen LogP contribution in [0.25, 0.3) is 16.6 Å². The predicted molar refractivity (Wildman–Crippen MR) is 128 cm³/mol. The van der Waals surface area contributed by atoms with Crippen molar-refractivity contribution in [2.45, 2.75) is 20.3 Å². The van der Waals surface area contributed by atoms with Gasteiger partial charge in [0, 0.05) is 38.6 Å². The minimum Gasteiger partial charge on any atom is -0.340 e. The molecule has 1 aliphatic rings. The van der Waals surface area contributed by atoms with Gasteiger partial charge in [-0.15, -0.1) is 0 Å². The van der Waals surface area contributed by atoms with E-state index in [0.29, 0.717) is 48.6 Å². The highest BCUT2D eigenvalue weighted by Gasteiger charge is 2.24. The zero-order valence-corrected chi connectivity index (χ0v) is 18.8. The number of aromatic amines is 1. The Hall–Kier alpha value is -3.94. The fourth-order valence-corrected chi connectivity index (χ4v) is 4.32. The molecule has 2 aromatic carbocycles. The largest absolute Gasteiger partial charge is 0.340 e. The number of carbonyl (C=O) groups is 1. The van der Waals surface area contributed by atoms with Crippen LogP contribution in [0.3, 0.4) is 0 Å². The molecule has 0 aliphatic carbocycles. The molecule has 2 aromatic heterocycles. The molecule has 8 heteroatoms. The SMILES string of the molecule is Cc1ccc(-n2cccn2)c(C(=O)N2CCCN(c3nc4ccc(C)cc4c(=O)[nH]3)CC2)c1. The van der Waals surface area contributed by atoms with Crippen LogP contribution in [-0.2, 0) is 0 Å². The molecule has 3 heterocycles. The third-order valence-corrected chi connectivity index (χ3v) is 6.06.